The van der Waals surface area contributed by atoms with Gasteiger partial charge >= 0.3 is 0 Å². The van der Waals surface area contributed by atoms with E-state index in [1.54, 1.807) is 48.5 Å². The lowest BCUT2D eigenvalue weighted by molar-refractivity contribution is -0.115. The van der Waals surface area contributed by atoms with Crippen LogP contribution >= 0.6 is 23.2 Å². The third kappa shape index (κ3) is 4.38. The number of nitrogens with zero attached hydrogens (tertiary/aromatic N) is 3. The van der Waals surface area contributed by atoms with Crippen LogP contribution in [0.5, 0.6) is 0 Å². The fourth-order valence-corrected chi connectivity index (χ4v) is 2.46. The first-order valence-electron chi connectivity index (χ1n) is 7.54. The normalized spacial score (nSPS) is 10.4. The molecule has 7 nitrogen and oxygen atoms in total. The number of rotatable bonds is 5. The van der Waals surface area contributed by atoms with E-state index < -0.39 is 5.91 Å². The largest absolute Gasteiger partial charge is 0.342 e. The van der Waals surface area contributed by atoms with Crippen LogP contribution in [0.25, 0.3) is 5.69 Å². The van der Waals surface area contributed by atoms with Crippen LogP contribution in [0.4, 0.5) is 5.69 Å². The molecule has 0 bridgehead atoms. The van der Waals surface area contributed by atoms with Crippen LogP contribution in [-0.2, 0) is 4.79 Å². The third-order valence-electron chi connectivity index (χ3n) is 3.36. The van der Waals surface area contributed by atoms with Crippen LogP contribution in [0.3, 0.4) is 0 Å². The summed E-state index contributed by atoms with van der Waals surface area (Å²) < 4.78 is 1.39. The molecule has 0 spiro atoms. The molecule has 0 aliphatic carbocycles. The number of carbonyl (C=O) groups excluding carboxylic acids is 2. The number of carbonyl (C=O) groups is 2. The minimum absolute atomic E-state index is 0.0733. The zero-order valence-corrected chi connectivity index (χ0v) is 14.8. The van der Waals surface area contributed by atoms with Gasteiger partial charge in [0.25, 0.3) is 5.91 Å². The average molecular weight is 390 g/mol. The lowest BCUT2D eigenvalue weighted by Gasteiger charge is -2.06. The predicted octanol–water partition coefficient (Wildman–Crippen LogP) is 2.94. The molecule has 9 heteroatoms. The van der Waals surface area contributed by atoms with E-state index in [9.17, 15) is 9.59 Å². The summed E-state index contributed by atoms with van der Waals surface area (Å²) in [6.07, 6.45) is 1.44. The van der Waals surface area contributed by atoms with Crippen LogP contribution in [0.2, 0.25) is 10.0 Å². The highest BCUT2D eigenvalue weighted by Gasteiger charge is 2.14. The van der Waals surface area contributed by atoms with Crippen LogP contribution in [0, 0.1) is 0 Å². The Morgan fingerprint density at radius 2 is 1.77 bits per heavy atom. The van der Waals surface area contributed by atoms with Crippen molar-refractivity contribution in [2.24, 2.45) is 0 Å². The van der Waals surface area contributed by atoms with E-state index in [2.05, 4.69) is 20.9 Å². The second kappa shape index (κ2) is 7.99. The lowest BCUT2D eigenvalue weighted by Crippen LogP contribution is -2.33. The van der Waals surface area contributed by atoms with Gasteiger partial charge in [-0.2, -0.15) is 0 Å². The monoisotopic (exact) mass is 389 g/mol. The molecule has 0 saturated heterocycles. The van der Waals surface area contributed by atoms with E-state index in [0.29, 0.717) is 21.4 Å². The molecule has 2 amide bonds. The van der Waals surface area contributed by atoms with Crippen molar-refractivity contribution in [3.05, 3.63) is 70.5 Å². The first kappa shape index (κ1) is 17.9. The molecular formula is C17H13Cl2N5O2. The Kier molecular flexibility index (Phi) is 5.50. The number of amides is 2. The van der Waals surface area contributed by atoms with Gasteiger partial charge < -0.3 is 10.6 Å². The summed E-state index contributed by atoms with van der Waals surface area (Å²) in [4.78, 5) is 24.0. The standard InChI is InChI=1S/C17H13Cl2N5O2/c18-11-5-7-12(8-6-11)21-16(25)9-20-17(26)14-10-24(23-22-14)15-4-2-1-3-13(15)19/h1-8,10H,9H2,(H,20,26)(H,21,25). The number of benzene rings is 2. The van der Waals surface area contributed by atoms with E-state index >= 15 is 0 Å². The zero-order chi connectivity index (χ0) is 18.5. The second-order valence-electron chi connectivity index (χ2n) is 5.24. The molecule has 1 aromatic heterocycles. The fraction of sp³-hybridized carbons (Fsp3) is 0.0588. The molecule has 26 heavy (non-hydrogen) atoms. The van der Waals surface area contributed by atoms with Crippen LogP contribution in [-0.4, -0.2) is 33.4 Å². The molecule has 0 saturated carbocycles. The SMILES string of the molecule is O=C(CNC(=O)c1cn(-c2ccccc2Cl)nn1)Nc1ccc(Cl)cc1. The Morgan fingerprint density at radius 3 is 2.50 bits per heavy atom. The number of anilines is 1. The molecule has 0 fully saturated rings. The zero-order valence-electron chi connectivity index (χ0n) is 13.3. The lowest BCUT2D eigenvalue weighted by atomic mass is 10.3. The van der Waals surface area contributed by atoms with Crippen molar-refractivity contribution in [2.75, 3.05) is 11.9 Å². The summed E-state index contributed by atoms with van der Waals surface area (Å²) in [6, 6.07) is 13.7. The highest BCUT2D eigenvalue weighted by Crippen LogP contribution is 2.18. The molecule has 132 valence electrons. The van der Waals surface area contributed by atoms with Crippen molar-refractivity contribution < 1.29 is 9.59 Å². The van der Waals surface area contributed by atoms with E-state index in [4.69, 9.17) is 23.2 Å². The van der Waals surface area contributed by atoms with Crippen LogP contribution in [0.15, 0.2) is 54.7 Å². The average Bonchev–Trinajstić information content (AvgIpc) is 3.12. The van der Waals surface area contributed by atoms with Gasteiger partial charge in [-0.05, 0) is 36.4 Å². The number of halogens is 2. The summed E-state index contributed by atoms with van der Waals surface area (Å²) in [7, 11) is 0. The van der Waals surface area contributed by atoms with Crippen LogP contribution in [0.1, 0.15) is 10.5 Å². The summed E-state index contributed by atoms with van der Waals surface area (Å²) in [5, 5.41) is 13.9. The number of aromatic nitrogens is 3. The van der Waals surface area contributed by atoms with Crippen molar-refractivity contribution in [3.8, 4) is 5.69 Å². The fourth-order valence-electron chi connectivity index (χ4n) is 2.11. The van der Waals surface area contributed by atoms with E-state index in [0.717, 1.165) is 0 Å². The maximum absolute atomic E-state index is 12.1. The highest BCUT2D eigenvalue weighted by atomic mass is 35.5. The van der Waals surface area contributed by atoms with E-state index in [-0.39, 0.29) is 18.1 Å². The molecule has 0 aliphatic heterocycles. The summed E-state index contributed by atoms with van der Waals surface area (Å²) in [6.45, 7) is -0.208. The molecule has 3 aromatic rings. The van der Waals surface area contributed by atoms with Gasteiger partial charge in [-0.25, -0.2) is 4.68 Å². The van der Waals surface area contributed by atoms with Gasteiger partial charge in [0.2, 0.25) is 5.91 Å². The van der Waals surface area contributed by atoms with Crippen molar-refractivity contribution in [1.29, 1.82) is 0 Å². The van der Waals surface area contributed by atoms with E-state index in [1.807, 2.05) is 0 Å². The molecule has 2 aromatic carbocycles. The van der Waals surface area contributed by atoms with Gasteiger partial charge in [-0.1, -0.05) is 40.5 Å². The Morgan fingerprint density at radius 1 is 1.04 bits per heavy atom. The van der Waals surface area contributed by atoms with Gasteiger partial charge in [0, 0.05) is 10.7 Å². The molecule has 0 unspecified atom stereocenters. The quantitative estimate of drug-likeness (QED) is 0.701. The highest BCUT2D eigenvalue weighted by molar-refractivity contribution is 6.32. The number of hydrogen-bond acceptors (Lipinski definition) is 4. The maximum Gasteiger partial charge on any atom is 0.273 e. The Labute approximate surface area is 158 Å². The molecule has 3 rings (SSSR count). The molecule has 0 atom stereocenters. The van der Waals surface area contributed by atoms with Crippen molar-refractivity contribution >= 4 is 40.7 Å². The molecule has 2 N–H and O–H groups in total. The minimum Gasteiger partial charge on any atom is -0.342 e. The third-order valence-corrected chi connectivity index (χ3v) is 3.93. The number of nitrogens with one attached hydrogen (secondary N) is 2. The minimum atomic E-state index is -0.519. The van der Waals surface area contributed by atoms with E-state index in [1.165, 1.54) is 10.9 Å². The smallest absolute Gasteiger partial charge is 0.273 e. The van der Waals surface area contributed by atoms with Gasteiger partial charge in [-0.3, -0.25) is 9.59 Å². The molecule has 0 aliphatic rings. The van der Waals surface area contributed by atoms with Gasteiger partial charge in [0.1, 0.15) is 0 Å². The summed E-state index contributed by atoms with van der Waals surface area (Å²) in [5.74, 6) is -0.895. The maximum atomic E-state index is 12.1. The van der Waals surface area contributed by atoms with Crippen LogP contribution < -0.4 is 10.6 Å². The molecule has 0 radical (unpaired) electrons. The Balaban J connectivity index is 1.58. The number of hydrogen-bond donors (Lipinski definition) is 2. The molecule has 1 heterocycles. The number of para-hydroxylation sites is 1. The summed E-state index contributed by atoms with van der Waals surface area (Å²) >= 11 is 11.9. The second-order valence-corrected chi connectivity index (χ2v) is 6.08. The predicted molar refractivity (Wildman–Crippen MR) is 98.8 cm³/mol. The first-order chi connectivity index (χ1) is 12.5. The van der Waals surface area contributed by atoms with Crippen molar-refractivity contribution in [3.63, 3.8) is 0 Å². The topological polar surface area (TPSA) is 88.9 Å². The Bertz CT molecular complexity index is 940. The Hall–Kier alpha value is -2.90. The van der Waals surface area contributed by atoms with Gasteiger partial charge in [0.15, 0.2) is 5.69 Å². The molecular weight excluding hydrogens is 377 g/mol. The van der Waals surface area contributed by atoms with Crippen molar-refractivity contribution in [2.45, 2.75) is 0 Å². The van der Waals surface area contributed by atoms with Crippen molar-refractivity contribution in [1.82, 2.24) is 20.3 Å². The van der Waals surface area contributed by atoms with Gasteiger partial charge in [0.05, 0.1) is 23.5 Å². The first-order valence-corrected chi connectivity index (χ1v) is 8.29. The van der Waals surface area contributed by atoms with Gasteiger partial charge in [-0.15, -0.1) is 5.10 Å². The summed E-state index contributed by atoms with van der Waals surface area (Å²) in [5.41, 5.74) is 1.25.